The van der Waals surface area contributed by atoms with Crippen LogP contribution in [0.3, 0.4) is 0 Å². The summed E-state index contributed by atoms with van der Waals surface area (Å²) in [7, 11) is 0. The molecule has 0 rings (SSSR count). The third kappa shape index (κ3) is 9.34. The first-order valence-corrected chi connectivity index (χ1v) is 4.99. The molecule has 0 bridgehead atoms. The van der Waals surface area contributed by atoms with Crippen molar-refractivity contribution in [3.05, 3.63) is 0 Å². The number of carbonyl (C=O) groups excluding carboxylic acids is 1. The molecule has 13 heavy (non-hydrogen) atoms. The number of rotatable bonds is 7. The topological polar surface area (TPSA) is 35.5 Å². The van der Waals surface area contributed by atoms with Gasteiger partial charge < -0.3 is 0 Å². The zero-order valence-corrected chi connectivity index (χ0v) is 8.84. The van der Waals surface area contributed by atoms with E-state index < -0.39 is 0 Å². The van der Waals surface area contributed by atoms with Crippen molar-refractivity contribution in [3.8, 4) is 0 Å². The van der Waals surface area contributed by atoms with E-state index in [1.807, 2.05) is 0 Å². The average Bonchev–Trinajstić information content (AvgIpc) is 2.08. The SMILES string of the molecule is CCOOC(=O)CCCCC(C)C. The normalized spacial score (nSPS) is 10.5. The third-order valence-electron chi connectivity index (χ3n) is 1.68. The molecule has 0 fully saturated rings. The molecule has 0 atom stereocenters. The number of carbonyl (C=O) groups is 1. The second-order valence-electron chi connectivity index (χ2n) is 3.50. The second-order valence-corrected chi connectivity index (χ2v) is 3.50. The van der Waals surface area contributed by atoms with E-state index in [9.17, 15) is 4.79 Å². The molecule has 0 spiro atoms. The first-order valence-electron chi connectivity index (χ1n) is 4.99. The predicted octanol–water partition coefficient (Wildman–Crippen LogP) is 2.70. The highest BCUT2D eigenvalue weighted by Crippen LogP contribution is 2.08. The summed E-state index contributed by atoms with van der Waals surface area (Å²) in [5.74, 6) is 0.452. The summed E-state index contributed by atoms with van der Waals surface area (Å²) in [6.07, 6.45) is 3.61. The molecule has 0 heterocycles. The van der Waals surface area contributed by atoms with Gasteiger partial charge in [0.05, 0.1) is 6.61 Å². The van der Waals surface area contributed by atoms with E-state index in [0.29, 0.717) is 18.9 Å². The minimum absolute atomic E-state index is 0.259. The van der Waals surface area contributed by atoms with Gasteiger partial charge in [-0.05, 0) is 19.3 Å². The van der Waals surface area contributed by atoms with Gasteiger partial charge in [0.2, 0.25) is 0 Å². The molecule has 0 radical (unpaired) electrons. The Labute approximate surface area is 80.3 Å². The molecule has 0 amide bonds. The Hall–Kier alpha value is -0.570. The number of hydrogen-bond donors (Lipinski definition) is 0. The van der Waals surface area contributed by atoms with Crippen molar-refractivity contribution in [2.24, 2.45) is 5.92 Å². The van der Waals surface area contributed by atoms with Crippen LogP contribution in [0.4, 0.5) is 0 Å². The maximum absolute atomic E-state index is 10.9. The van der Waals surface area contributed by atoms with Crippen molar-refractivity contribution in [2.45, 2.75) is 46.5 Å². The Kier molecular flexibility index (Phi) is 7.69. The molecule has 0 unspecified atom stereocenters. The Morgan fingerprint density at radius 1 is 1.31 bits per heavy atom. The van der Waals surface area contributed by atoms with Crippen LogP contribution in [0.2, 0.25) is 0 Å². The Balaban J connectivity index is 3.17. The van der Waals surface area contributed by atoms with Crippen molar-refractivity contribution < 1.29 is 14.6 Å². The van der Waals surface area contributed by atoms with E-state index >= 15 is 0 Å². The summed E-state index contributed by atoms with van der Waals surface area (Å²) >= 11 is 0. The second kappa shape index (κ2) is 8.05. The molecule has 0 saturated heterocycles. The van der Waals surface area contributed by atoms with Gasteiger partial charge >= 0.3 is 5.97 Å². The Morgan fingerprint density at radius 3 is 2.54 bits per heavy atom. The lowest BCUT2D eigenvalue weighted by Gasteiger charge is -2.03. The van der Waals surface area contributed by atoms with Gasteiger partial charge in [-0.15, -0.1) is 0 Å². The van der Waals surface area contributed by atoms with Crippen LogP contribution in [0.15, 0.2) is 0 Å². The van der Waals surface area contributed by atoms with Crippen LogP contribution >= 0.6 is 0 Å². The fourth-order valence-corrected chi connectivity index (χ4v) is 0.988. The fourth-order valence-electron chi connectivity index (χ4n) is 0.988. The summed E-state index contributed by atoms with van der Waals surface area (Å²) < 4.78 is 0. The monoisotopic (exact) mass is 188 g/mol. The highest BCUT2D eigenvalue weighted by atomic mass is 17.2. The molecule has 0 N–H and O–H groups in total. The van der Waals surface area contributed by atoms with Gasteiger partial charge in [-0.3, -0.25) is 4.89 Å². The molecule has 3 nitrogen and oxygen atoms in total. The highest BCUT2D eigenvalue weighted by molar-refractivity contribution is 5.68. The van der Waals surface area contributed by atoms with Gasteiger partial charge in [0.1, 0.15) is 0 Å². The van der Waals surface area contributed by atoms with E-state index in [2.05, 4.69) is 23.6 Å². The van der Waals surface area contributed by atoms with E-state index in [1.54, 1.807) is 6.92 Å². The molecule has 0 aromatic carbocycles. The summed E-state index contributed by atoms with van der Waals surface area (Å²) in [5, 5.41) is 0. The zero-order chi connectivity index (χ0) is 10.1. The molecule has 78 valence electrons. The lowest BCUT2D eigenvalue weighted by Crippen LogP contribution is -2.05. The lowest BCUT2D eigenvalue weighted by molar-refractivity contribution is -0.269. The number of unbranched alkanes of at least 4 members (excludes halogenated alkanes) is 1. The van der Waals surface area contributed by atoms with Crippen LogP contribution in [0.25, 0.3) is 0 Å². The maximum Gasteiger partial charge on any atom is 0.342 e. The van der Waals surface area contributed by atoms with Crippen molar-refractivity contribution in [1.29, 1.82) is 0 Å². The van der Waals surface area contributed by atoms with E-state index in [0.717, 1.165) is 12.8 Å². The van der Waals surface area contributed by atoms with Gasteiger partial charge in [0.25, 0.3) is 0 Å². The van der Waals surface area contributed by atoms with Crippen molar-refractivity contribution in [3.63, 3.8) is 0 Å². The smallest absolute Gasteiger partial charge is 0.298 e. The Morgan fingerprint density at radius 2 is 2.00 bits per heavy atom. The first kappa shape index (κ1) is 12.4. The van der Waals surface area contributed by atoms with Crippen LogP contribution in [-0.2, 0) is 14.6 Å². The van der Waals surface area contributed by atoms with E-state index in [-0.39, 0.29) is 5.97 Å². The quantitative estimate of drug-likeness (QED) is 0.350. The summed E-state index contributed by atoms with van der Waals surface area (Å²) in [6, 6.07) is 0. The Bertz CT molecular complexity index is 132. The van der Waals surface area contributed by atoms with Crippen LogP contribution in [0, 0.1) is 5.92 Å². The van der Waals surface area contributed by atoms with Gasteiger partial charge in [0, 0.05) is 6.42 Å². The molecular formula is C10H20O3. The largest absolute Gasteiger partial charge is 0.342 e. The molecular weight excluding hydrogens is 168 g/mol. The molecule has 0 aliphatic carbocycles. The molecule has 0 aromatic heterocycles. The van der Waals surface area contributed by atoms with Crippen molar-refractivity contribution in [1.82, 2.24) is 0 Å². The van der Waals surface area contributed by atoms with Crippen molar-refractivity contribution in [2.75, 3.05) is 6.61 Å². The summed E-state index contributed by atoms with van der Waals surface area (Å²) in [6.45, 7) is 6.56. The average molecular weight is 188 g/mol. The maximum atomic E-state index is 10.9. The summed E-state index contributed by atoms with van der Waals surface area (Å²) in [5.41, 5.74) is 0. The summed E-state index contributed by atoms with van der Waals surface area (Å²) in [4.78, 5) is 19.9. The van der Waals surface area contributed by atoms with Gasteiger partial charge in [0.15, 0.2) is 0 Å². The van der Waals surface area contributed by atoms with Crippen LogP contribution in [-0.4, -0.2) is 12.6 Å². The first-order chi connectivity index (χ1) is 6.16. The van der Waals surface area contributed by atoms with E-state index in [4.69, 9.17) is 0 Å². The van der Waals surface area contributed by atoms with Crippen LogP contribution in [0.1, 0.15) is 46.5 Å². The third-order valence-corrected chi connectivity index (χ3v) is 1.68. The van der Waals surface area contributed by atoms with Crippen LogP contribution < -0.4 is 0 Å². The van der Waals surface area contributed by atoms with Crippen LogP contribution in [0.5, 0.6) is 0 Å². The molecule has 0 aromatic rings. The standard InChI is InChI=1S/C10H20O3/c1-4-12-13-10(11)8-6-5-7-9(2)3/h9H,4-8H2,1-3H3. The van der Waals surface area contributed by atoms with Gasteiger partial charge in [-0.1, -0.05) is 26.7 Å². The predicted molar refractivity (Wildman–Crippen MR) is 51.0 cm³/mol. The van der Waals surface area contributed by atoms with Crippen molar-refractivity contribution >= 4 is 5.97 Å². The highest BCUT2D eigenvalue weighted by Gasteiger charge is 2.03. The minimum atomic E-state index is -0.259. The molecule has 0 aliphatic rings. The lowest BCUT2D eigenvalue weighted by atomic mass is 10.1. The fraction of sp³-hybridized carbons (Fsp3) is 0.900. The van der Waals surface area contributed by atoms with E-state index in [1.165, 1.54) is 6.42 Å². The minimum Gasteiger partial charge on any atom is -0.298 e. The molecule has 0 saturated carbocycles. The van der Waals surface area contributed by atoms with Gasteiger partial charge in [-0.2, -0.15) is 4.89 Å². The molecule has 0 aliphatic heterocycles. The number of hydrogen-bond acceptors (Lipinski definition) is 3. The zero-order valence-electron chi connectivity index (χ0n) is 8.84. The van der Waals surface area contributed by atoms with Gasteiger partial charge in [-0.25, -0.2) is 4.79 Å². The molecule has 3 heteroatoms.